The quantitative estimate of drug-likeness (QED) is 0.603. The summed E-state index contributed by atoms with van der Waals surface area (Å²) in [6, 6.07) is 15.0. The molecule has 0 bridgehead atoms. The average molecular weight is 431 g/mol. The number of nitrogen functional groups attached to an aromatic ring is 1. The second kappa shape index (κ2) is 8.35. The molecule has 1 amide bonds. The van der Waals surface area contributed by atoms with Gasteiger partial charge in [-0.2, -0.15) is 0 Å². The van der Waals surface area contributed by atoms with Crippen molar-refractivity contribution < 1.29 is 9.32 Å². The molecular formula is C21H20Cl2N4O2. The molecular weight excluding hydrogens is 411 g/mol. The Bertz CT molecular complexity index is 1010. The number of aromatic nitrogens is 1. The third-order valence-corrected chi connectivity index (χ3v) is 5.85. The molecule has 2 heterocycles. The van der Waals surface area contributed by atoms with Crippen LogP contribution in [-0.4, -0.2) is 35.1 Å². The van der Waals surface area contributed by atoms with Crippen LogP contribution in [0.2, 0.25) is 10.0 Å². The summed E-state index contributed by atoms with van der Waals surface area (Å²) in [6.45, 7) is 1.78. The number of amides is 1. The summed E-state index contributed by atoms with van der Waals surface area (Å²) in [6.07, 6.45) is 2.28. The number of carbonyl (C=O) groups excluding carboxylic acids is 1. The smallest absolute Gasteiger partial charge is 0.292 e. The summed E-state index contributed by atoms with van der Waals surface area (Å²) >= 11 is 12.7. The zero-order valence-corrected chi connectivity index (χ0v) is 17.1. The van der Waals surface area contributed by atoms with Gasteiger partial charge in [0, 0.05) is 42.5 Å². The zero-order valence-electron chi connectivity index (χ0n) is 15.6. The number of likely N-dealkylation sites (tertiary alicyclic amines) is 1. The van der Waals surface area contributed by atoms with Crippen LogP contribution in [0.1, 0.15) is 22.5 Å². The number of hydrogen-bond acceptors (Lipinski definition) is 5. The van der Waals surface area contributed by atoms with E-state index in [-0.39, 0.29) is 17.7 Å². The molecule has 1 aliphatic rings. The van der Waals surface area contributed by atoms with E-state index in [0.29, 0.717) is 35.4 Å². The van der Waals surface area contributed by atoms with Gasteiger partial charge in [-0.3, -0.25) is 4.79 Å². The van der Waals surface area contributed by atoms with Crippen molar-refractivity contribution >= 4 is 40.5 Å². The first-order valence-corrected chi connectivity index (χ1v) is 10.0. The highest BCUT2D eigenvalue weighted by atomic mass is 35.5. The maximum atomic E-state index is 12.6. The third-order valence-electron chi connectivity index (χ3n) is 5.15. The van der Waals surface area contributed by atoms with E-state index in [1.165, 1.54) is 6.20 Å². The Balaban J connectivity index is 1.61. The zero-order chi connectivity index (χ0) is 20.4. The van der Waals surface area contributed by atoms with Crippen LogP contribution >= 0.6 is 23.2 Å². The van der Waals surface area contributed by atoms with Crippen LogP contribution in [0.3, 0.4) is 0 Å². The second-order valence-electron chi connectivity index (χ2n) is 7.00. The molecule has 0 radical (unpaired) electrons. The Labute approximate surface area is 178 Å². The van der Waals surface area contributed by atoms with Gasteiger partial charge in [0.15, 0.2) is 0 Å². The Morgan fingerprint density at radius 3 is 2.76 bits per heavy atom. The summed E-state index contributed by atoms with van der Waals surface area (Å²) in [5, 5.41) is 4.83. The number of benzene rings is 2. The number of carbonyl (C=O) groups is 1. The summed E-state index contributed by atoms with van der Waals surface area (Å²) in [7, 11) is 0. The van der Waals surface area contributed by atoms with Crippen LogP contribution in [0.15, 0.2) is 59.3 Å². The highest BCUT2D eigenvalue weighted by Gasteiger charge is 2.32. The molecule has 1 fully saturated rings. The molecule has 1 saturated heterocycles. The normalized spacial score (nSPS) is 16.2. The van der Waals surface area contributed by atoms with Crippen molar-refractivity contribution in [2.75, 3.05) is 23.7 Å². The molecule has 0 aliphatic carbocycles. The molecule has 0 saturated carbocycles. The predicted octanol–water partition coefficient (Wildman–Crippen LogP) is 4.48. The van der Waals surface area contributed by atoms with Crippen molar-refractivity contribution in [3.8, 4) is 0 Å². The minimum absolute atomic E-state index is 0.0952. The molecule has 1 atom stereocenters. The summed E-state index contributed by atoms with van der Waals surface area (Å²) in [5.41, 5.74) is 8.36. The van der Waals surface area contributed by atoms with E-state index in [1.807, 2.05) is 36.4 Å². The molecule has 2 aromatic carbocycles. The molecule has 3 aromatic rings. The first-order valence-electron chi connectivity index (χ1n) is 9.28. The Hall–Kier alpha value is -2.70. The number of rotatable bonds is 5. The average Bonchev–Trinajstić information content (AvgIpc) is 3.41. The number of anilines is 2. The third kappa shape index (κ3) is 4.18. The molecule has 4 rings (SSSR count). The Morgan fingerprint density at radius 2 is 2.03 bits per heavy atom. The van der Waals surface area contributed by atoms with Crippen molar-refractivity contribution in [2.45, 2.75) is 19.0 Å². The molecule has 0 unspecified atom stereocenters. The van der Waals surface area contributed by atoms with Crippen molar-refractivity contribution in [2.24, 2.45) is 0 Å². The number of hydrogen-bond donors (Lipinski definition) is 1. The maximum absolute atomic E-state index is 12.6. The predicted molar refractivity (Wildman–Crippen MR) is 114 cm³/mol. The van der Waals surface area contributed by atoms with Gasteiger partial charge in [0.1, 0.15) is 0 Å². The first-order chi connectivity index (χ1) is 14.0. The summed E-state index contributed by atoms with van der Waals surface area (Å²) in [4.78, 5) is 16.6. The van der Waals surface area contributed by atoms with E-state index in [0.717, 1.165) is 17.7 Å². The van der Waals surface area contributed by atoms with E-state index in [4.69, 9.17) is 33.5 Å². The second-order valence-corrected chi connectivity index (χ2v) is 7.81. The fourth-order valence-corrected chi connectivity index (χ4v) is 3.97. The lowest BCUT2D eigenvalue weighted by molar-refractivity contribution is 0.0749. The van der Waals surface area contributed by atoms with Crippen molar-refractivity contribution in [1.82, 2.24) is 10.1 Å². The highest BCUT2D eigenvalue weighted by molar-refractivity contribution is 6.33. The molecule has 8 heteroatoms. The van der Waals surface area contributed by atoms with Crippen LogP contribution in [0, 0.1) is 0 Å². The topological polar surface area (TPSA) is 75.6 Å². The largest absolute Gasteiger partial charge is 0.398 e. The van der Waals surface area contributed by atoms with Gasteiger partial charge >= 0.3 is 0 Å². The molecule has 6 nitrogen and oxygen atoms in total. The van der Waals surface area contributed by atoms with Crippen LogP contribution in [-0.2, 0) is 6.54 Å². The number of nitrogens with two attached hydrogens (primary N) is 1. The lowest BCUT2D eigenvalue weighted by Gasteiger charge is -2.32. The van der Waals surface area contributed by atoms with Gasteiger partial charge in [-0.1, -0.05) is 46.6 Å². The van der Waals surface area contributed by atoms with Crippen LogP contribution in [0.5, 0.6) is 0 Å². The summed E-state index contributed by atoms with van der Waals surface area (Å²) < 4.78 is 5.02. The van der Waals surface area contributed by atoms with E-state index >= 15 is 0 Å². The van der Waals surface area contributed by atoms with Gasteiger partial charge in [0.25, 0.3) is 5.91 Å². The van der Waals surface area contributed by atoms with Crippen molar-refractivity contribution in [3.63, 3.8) is 0 Å². The minimum Gasteiger partial charge on any atom is -0.398 e. The molecule has 2 N–H and O–H groups in total. The molecule has 1 aromatic heterocycles. The van der Waals surface area contributed by atoms with Gasteiger partial charge in [0.05, 0.1) is 16.9 Å². The lowest BCUT2D eigenvalue weighted by atomic mass is 10.1. The van der Waals surface area contributed by atoms with E-state index in [2.05, 4.69) is 10.1 Å². The van der Waals surface area contributed by atoms with Gasteiger partial charge in [-0.05, 0) is 36.2 Å². The van der Waals surface area contributed by atoms with Gasteiger partial charge in [-0.15, -0.1) is 0 Å². The molecule has 29 heavy (non-hydrogen) atoms. The Morgan fingerprint density at radius 1 is 1.21 bits per heavy atom. The number of halogens is 2. The fraction of sp³-hybridized carbons (Fsp3) is 0.238. The van der Waals surface area contributed by atoms with Crippen LogP contribution in [0.25, 0.3) is 0 Å². The minimum atomic E-state index is -0.155. The summed E-state index contributed by atoms with van der Waals surface area (Å²) in [5.74, 6) is 0.0943. The molecule has 150 valence electrons. The van der Waals surface area contributed by atoms with Crippen LogP contribution in [0.4, 0.5) is 11.4 Å². The highest BCUT2D eigenvalue weighted by Crippen LogP contribution is 2.31. The van der Waals surface area contributed by atoms with Crippen molar-refractivity contribution in [1.29, 1.82) is 0 Å². The number of nitrogens with zero attached hydrogens (tertiary/aromatic N) is 3. The van der Waals surface area contributed by atoms with Crippen LogP contribution < -0.4 is 10.6 Å². The van der Waals surface area contributed by atoms with Crippen molar-refractivity contribution in [3.05, 3.63) is 76.1 Å². The van der Waals surface area contributed by atoms with E-state index < -0.39 is 0 Å². The fourth-order valence-electron chi connectivity index (χ4n) is 3.60. The van der Waals surface area contributed by atoms with Gasteiger partial charge in [0.2, 0.25) is 5.76 Å². The molecule has 1 aliphatic heterocycles. The lowest BCUT2D eigenvalue weighted by Crippen LogP contribution is -2.38. The first kappa shape index (κ1) is 19.6. The maximum Gasteiger partial charge on any atom is 0.292 e. The SMILES string of the molecule is Nc1ccc(N(Cc2ccccc2Cl)[C@H]2CCN(C(=O)c3ccno3)C2)cc1Cl. The van der Waals surface area contributed by atoms with Gasteiger partial charge in [-0.25, -0.2) is 0 Å². The Kier molecular flexibility index (Phi) is 5.65. The molecule has 0 spiro atoms. The monoisotopic (exact) mass is 430 g/mol. The van der Waals surface area contributed by atoms with E-state index in [1.54, 1.807) is 17.0 Å². The van der Waals surface area contributed by atoms with E-state index in [9.17, 15) is 4.79 Å². The van der Waals surface area contributed by atoms with Gasteiger partial charge < -0.3 is 20.1 Å². The standard InChI is InChI=1S/C21H20Cl2N4O2/c22-17-4-2-1-3-14(17)12-27(15-5-6-19(24)18(23)11-15)16-8-10-26(13-16)21(28)20-7-9-25-29-20/h1-7,9,11,16H,8,10,12-13,24H2/t16-/m0/s1.